The molecule has 1 aromatic carbocycles. The number of carbonyl (C=O) groups is 1. The van der Waals surface area contributed by atoms with E-state index in [4.69, 9.17) is 10.00 Å². The van der Waals surface area contributed by atoms with Gasteiger partial charge in [-0.1, -0.05) is 18.2 Å². The zero-order chi connectivity index (χ0) is 14.4. The van der Waals surface area contributed by atoms with Gasteiger partial charge in [0.25, 0.3) is 0 Å². The Bertz CT molecular complexity index is 485. The molecule has 0 bridgehead atoms. The standard InChI is InChI=1S/C15H19N3O2/c1-20-10-9-18(8-4-7-16)15(19)14-11-12-5-2-3-6-13(12)17-14/h2-3,5-6,14,17H,4,8-11H2,1H3/t14-/m0/s1. The molecule has 0 spiro atoms. The number of rotatable bonds is 6. The van der Waals surface area contributed by atoms with Gasteiger partial charge in [0.05, 0.1) is 19.1 Å². The first-order valence-electron chi connectivity index (χ1n) is 6.75. The summed E-state index contributed by atoms with van der Waals surface area (Å²) >= 11 is 0. The second-order valence-electron chi connectivity index (χ2n) is 4.78. The second-order valence-corrected chi connectivity index (χ2v) is 4.78. The summed E-state index contributed by atoms with van der Waals surface area (Å²) in [5.41, 5.74) is 2.19. The van der Waals surface area contributed by atoms with Crippen LogP contribution >= 0.6 is 0 Å². The first-order valence-corrected chi connectivity index (χ1v) is 6.75. The molecular formula is C15H19N3O2. The maximum Gasteiger partial charge on any atom is 0.245 e. The van der Waals surface area contributed by atoms with Gasteiger partial charge in [-0.15, -0.1) is 0 Å². The molecule has 0 fully saturated rings. The Labute approximate surface area is 119 Å². The minimum absolute atomic E-state index is 0.0356. The Kier molecular flexibility index (Phi) is 4.97. The zero-order valence-electron chi connectivity index (χ0n) is 11.6. The quantitative estimate of drug-likeness (QED) is 0.851. The van der Waals surface area contributed by atoms with E-state index in [9.17, 15) is 4.79 Å². The Morgan fingerprint density at radius 3 is 3.00 bits per heavy atom. The monoisotopic (exact) mass is 273 g/mol. The number of nitriles is 1. The minimum atomic E-state index is -0.233. The molecule has 0 aromatic heterocycles. The highest BCUT2D eigenvalue weighted by Gasteiger charge is 2.29. The summed E-state index contributed by atoms with van der Waals surface area (Å²) in [6.07, 6.45) is 1.04. The largest absolute Gasteiger partial charge is 0.383 e. The number of benzene rings is 1. The van der Waals surface area contributed by atoms with Crippen molar-refractivity contribution >= 4 is 11.6 Å². The summed E-state index contributed by atoms with van der Waals surface area (Å²) in [5, 5.41) is 11.9. The van der Waals surface area contributed by atoms with Crippen LogP contribution in [0.25, 0.3) is 0 Å². The molecule has 1 heterocycles. The predicted molar refractivity (Wildman–Crippen MR) is 76.2 cm³/mol. The lowest BCUT2D eigenvalue weighted by molar-refractivity contribution is -0.132. The highest BCUT2D eigenvalue weighted by molar-refractivity contribution is 5.87. The fraction of sp³-hybridized carbons (Fsp3) is 0.467. The zero-order valence-corrected chi connectivity index (χ0v) is 11.6. The van der Waals surface area contributed by atoms with Crippen molar-refractivity contribution in [3.05, 3.63) is 29.8 Å². The summed E-state index contributed by atoms with van der Waals surface area (Å²) in [6.45, 7) is 1.45. The van der Waals surface area contributed by atoms with E-state index in [1.807, 2.05) is 24.3 Å². The number of nitrogens with one attached hydrogen (secondary N) is 1. The fourth-order valence-electron chi connectivity index (χ4n) is 2.39. The first-order chi connectivity index (χ1) is 9.76. The first kappa shape index (κ1) is 14.4. The van der Waals surface area contributed by atoms with Crippen LogP contribution in [0.2, 0.25) is 0 Å². The number of amides is 1. The van der Waals surface area contributed by atoms with Gasteiger partial charge in [-0.25, -0.2) is 0 Å². The molecular weight excluding hydrogens is 254 g/mol. The highest BCUT2D eigenvalue weighted by Crippen LogP contribution is 2.26. The van der Waals surface area contributed by atoms with Crippen molar-refractivity contribution in [3.8, 4) is 6.07 Å². The Morgan fingerprint density at radius 1 is 1.50 bits per heavy atom. The van der Waals surface area contributed by atoms with Gasteiger partial charge >= 0.3 is 0 Å². The lowest BCUT2D eigenvalue weighted by Crippen LogP contribution is -2.44. The molecule has 1 aliphatic rings. The summed E-state index contributed by atoms with van der Waals surface area (Å²) < 4.78 is 5.03. The number of hydrogen-bond acceptors (Lipinski definition) is 4. The molecule has 1 aromatic rings. The number of para-hydroxylation sites is 1. The van der Waals surface area contributed by atoms with Gasteiger partial charge in [0.1, 0.15) is 6.04 Å². The number of hydrogen-bond donors (Lipinski definition) is 1. The van der Waals surface area contributed by atoms with E-state index in [1.54, 1.807) is 12.0 Å². The number of ether oxygens (including phenoxy) is 1. The molecule has 0 saturated heterocycles. The molecule has 1 aliphatic heterocycles. The summed E-state index contributed by atoms with van der Waals surface area (Å²) in [7, 11) is 1.61. The van der Waals surface area contributed by atoms with E-state index in [1.165, 1.54) is 0 Å². The van der Waals surface area contributed by atoms with Crippen molar-refractivity contribution in [1.82, 2.24) is 4.90 Å². The van der Waals surface area contributed by atoms with Crippen LogP contribution in [-0.4, -0.2) is 43.7 Å². The smallest absolute Gasteiger partial charge is 0.245 e. The lowest BCUT2D eigenvalue weighted by Gasteiger charge is -2.24. The molecule has 106 valence electrons. The fourth-order valence-corrected chi connectivity index (χ4v) is 2.39. The van der Waals surface area contributed by atoms with Crippen LogP contribution in [0.4, 0.5) is 5.69 Å². The third-order valence-corrected chi connectivity index (χ3v) is 3.44. The van der Waals surface area contributed by atoms with Crippen LogP contribution in [0, 0.1) is 11.3 Å². The second kappa shape index (κ2) is 6.92. The van der Waals surface area contributed by atoms with Crippen LogP contribution in [0.5, 0.6) is 0 Å². The molecule has 0 aliphatic carbocycles. The van der Waals surface area contributed by atoms with E-state index >= 15 is 0 Å². The summed E-state index contributed by atoms with van der Waals surface area (Å²) in [6, 6.07) is 9.80. The third kappa shape index (κ3) is 3.28. The Balaban J connectivity index is 2.00. The van der Waals surface area contributed by atoms with E-state index in [0.29, 0.717) is 32.5 Å². The molecule has 2 rings (SSSR count). The molecule has 0 radical (unpaired) electrons. The van der Waals surface area contributed by atoms with Gasteiger partial charge in [-0.05, 0) is 11.6 Å². The number of anilines is 1. The maximum absolute atomic E-state index is 12.5. The van der Waals surface area contributed by atoms with Crippen molar-refractivity contribution in [2.24, 2.45) is 0 Å². The maximum atomic E-state index is 12.5. The highest BCUT2D eigenvalue weighted by atomic mass is 16.5. The van der Waals surface area contributed by atoms with Crippen molar-refractivity contribution in [2.75, 3.05) is 32.1 Å². The average molecular weight is 273 g/mol. The van der Waals surface area contributed by atoms with E-state index in [-0.39, 0.29) is 11.9 Å². The van der Waals surface area contributed by atoms with Crippen LogP contribution in [0.1, 0.15) is 12.0 Å². The topological polar surface area (TPSA) is 65.4 Å². The van der Waals surface area contributed by atoms with E-state index in [2.05, 4.69) is 11.4 Å². The van der Waals surface area contributed by atoms with Gasteiger partial charge in [-0.2, -0.15) is 5.26 Å². The molecule has 0 unspecified atom stereocenters. The number of carbonyl (C=O) groups excluding carboxylic acids is 1. The number of fused-ring (bicyclic) bond motifs is 1. The third-order valence-electron chi connectivity index (χ3n) is 3.44. The molecule has 1 N–H and O–H groups in total. The van der Waals surface area contributed by atoms with Crippen molar-refractivity contribution < 1.29 is 9.53 Å². The van der Waals surface area contributed by atoms with Gasteiger partial charge in [0.2, 0.25) is 5.91 Å². The van der Waals surface area contributed by atoms with Crippen LogP contribution in [0.3, 0.4) is 0 Å². The predicted octanol–water partition coefficient (Wildman–Crippen LogP) is 1.41. The molecule has 5 heteroatoms. The van der Waals surface area contributed by atoms with Crippen molar-refractivity contribution in [1.29, 1.82) is 5.26 Å². The number of nitrogens with zero attached hydrogens (tertiary/aromatic N) is 2. The summed E-state index contributed by atoms with van der Waals surface area (Å²) in [4.78, 5) is 14.2. The Morgan fingerprint density at radius 2 is 2.30 bits per heavy atom. The van der Waals surface area contributed by atoms with E-state index < -0.39 is 0 Å². The van der Waals surface area contributed by atoms with Crippen LogP contribution in [0.15, 0.2) is 24.3 Å². The van der Waals surface area contributed by atoms with E-state index in [0.717, 1.165) is 11.3 Å². The van der Waals surface area contributed by atoms with Gasteiger partial charge in [0, 0.05) is 32.3 Å². The Hall–Kier alpha value is -2.06. The average Bonchev–Trinajstić information content (AvgIpc) is 2.90. The summed E-state index contributed by atoms with van der Waals surface area (Å²) in [5.74, 6) is 0.0356. The van der Waals surface area contributed by atoms with Crippen LogP contribution in [-0.2, 0) is 16.0 Å². The molecule has 5 nitrogen and oxygen atoms in total. The lowest BCUT2D eigenvalue weighted by atomic mass is 10.1. The van der Waals surface area contributed by atoms with Crippen molar-refractivity contribution in [3.63, 3.8) is 0 Å². The van der Waals surface area contributed by atoms with Gasteiger partial charge < -0.3 is 15.0 Å². The number of methoxy groups -OCH3 is 1. The normalized spacial score (nSPS) is 16.1. The minimum Gasteiger partial charge on any atom is -0.383 e. The van der Waals surface area contributed by atoms with Gasteiger partial charge in [-0.3, -0.25) is 4.79 Å². The SMILES string of the molecule is COCCN(CCC#N)C(=O)[C@@H]1Cc2ccccc2N1. The molecule has 20 heavy (non-hydrogen) atoms. The van der Waals surface area contributed by atoms with Gasteiger partial charge in [0.15, 0.2) is 0 Å². The molecule has 1 atom stereocenters. The van der Waals surface area contributed by atoms with Crippen molar-refractivity contribution in [2.45, 2.75) is 18.9 Å². The molecule has 1 amide bonds. The molecule has 0 saturated carbocycles. The van der Waals surface area contributed by atoms with Crippen LogP contribution < -0.4 is 5.32 Å².